The molecule has 12 nitrogen and oxygen atoms in total. The van der Waals surface area contributed by atoms with Crippen LogP contribution in [0, 0.1) is 0 Å². The molecule has 0 spiro atoms. The highest BCUT2D eigenvalue weighted by Gasteiger charge is 2.38. The van der Waals surface area contributed by atoms with E-state index in [1.165, 1.54) is 13.8 Å². The second kappa shape index (κ2) is 9.69. The summed E-state index contributed by atoms with van der Waals surface area (Å²) in [6.45, 7) is 4.17. The van der Waals surface area contributed by atoms with E-state index in [9.17, 15) is 19.5 Å². The number of likely N-dealkylation sites (tertiary alicyclic amines) is 1. The lowest BCUT2D eigenvalue weighted by Crippen LogP contribution is -2.55. The molecule has 37 heavy (non-hydrogen) atoms. The van der Waals surface area contributed by atoms with Crippen LogP contribution in [0.1, 0.15) is 32.3 Å². The Balaban J connectivity index is 1.52. The standard InChI is InChI=1S/C25H28N8O4/c1-14(34)23(36)32-8-6-18(7-9-32)33-22-17(13-31(3)25(33)37)12-26-20-5-4-19(30-21(20)22)16-10-27-24(28-11-16)29-15(2)35/h4-5,10-12,14,18,34H,6-9,13H2,1-3H3,(H,27,28,29,35)/t14-/m1/s1. The lowest BCUT2D eigenvalue weighted by molar-refractivity contribution is -0.140. The highest BCUT2D eigenvalue weighted by atomic mass is 16.3. The van der Waals surface area contributed by atoms with E-state index in [2.05, 4.69) is 20.3 Å². The number of aromatic nitrogens is 4. The zero-order valence-corrected chi connectivity index (χ0v) is 20.9. The monoisotopic (exact) mass is 504 g/mol. The second-order valence-corrected chi connectivity index (χ2v) is 9.41. The molecule has 2 aliphatic rings. The molecule has 5 heterocycles. The number of anilines is 2. The lowest BCUT2D eigenvalue weighted by Gasteiger charge is -2.43. The number of hydrogen-bond donors (Lipinski definition) is 2. The number of carbonyl (C=O) groups excluding carboxylic acids is 3. The Bertz CT molecular complexity index is 1370. The molecule has 1 atom stereocenters. The first-order valence-electron chi connectivity index (χ1n) is 12.1. The van der Waals surface area contributed by atoms with Crippen LogP contribution in [0.5, 0.6) is 0 Å². The molecular weight excluding hydrogens is 476 g/mol. The van der Waals surface area contributed by atoms with Gasteiger partial charge >= 0.3 is 6.03 Å². The molecule has 0 saturated carbocycles. The largest absolute Gasteiger partial charge is 0.384 e. The number of rotatable bonds is 4. The maximum absolute atomic E-state index is 13.5. The SMILES string of the molecule is CC(=O)Nc1ncc(-c2ccc3ncc4c(c3n2)N(C2CCN(C(=O)[C@@H](C)O)CC2)C(=O)N(C)C4)cn1. The summed E-state index contributed by atoms with van der Waals surface area (Å²) in [6, 6.07) is 3.41. The van der Waals surface area contributed by atoms with Gasteiger partial charge in [-0.15, -0.1) is 0 Å². The Kier molecular flexibility index (Phi) is 6.42. The first-order chi connectivity index (χ1) is 17.7. The van der Waals surface area contributed by atoms with Crippen molar-refractivity contribution in [1.29, 1.82) is 0 Å². The van der Waals surface area contributed by atoms with E-state index in [0.29, 0.717) is 54.8 Å². The maximum Gasteiger partial charge on any atom is 0.324 e. The Labute approximate surface area is 213 Å². The van der Waals surface area contributed by atoms with E-state index in [1.807, 2.05) is 12.1 Å². The summed E-state index contributed by atoms with van der Waals surface area (Å²) >= 11 is 0. The zero-order valence-electron chi connectivity index (χ0n) is 20.9. The van der Waals surface area contributed by atoms with Gasteiger partial charge in [-0.2, -0.15) is 0 Å². The van der Waals surface area contributed by atoms with Gasteiger partial charge in [-0.1, -0.05) is 0 Å². The molecule has 0 aliphatic carbocycles. The minimum Gasteiger partial charge on any atom is -0.384 e. The summed E-state index contributed by atoms with van der Waals surface area (Å²) < 4.78 is 0. The third-order valence-corrected chi connectivity index (χ3v) is 6.68. The van der Waals surface area contributed by atoms with Gasteiger partial charge < -0.3 is 14.9 Å². The normalized spacial score (nSPS) is 17.1. The summed E-state index contributed by atoms with van der Waals surface area (Å²) in [4.78, 5) is 59.9. The van der Waals surface area contributed by atoms with E-state index in [-0.39, 0.29) is 29.8 Å². The molecule has 0 radical (unpaired) electrons. The van der Waals surface area contributed by atoms with Gasteiger partial charge in [-0.25, -0.2) is 19.7 Å². The number of nitrogens with zero attached hydrogens (tertiary/aromatic N) is 7. The van der Waals surface area contributed by atoms with E-state index in [4.69, 9.17) is 4.98 Å². The second-order valence-electron chi connectivity index (χ2n) is 9.41. The number of urea groups is 1. The number of pyridine rings is 2. The molecule has 12 heteroatoms. The predicted octanol–water partition coefficient (Wildman–Crippen LogP) is 1.79. The van der Waals surface area contributed by atoms with Crippen molar-refractivity contribution in [2.75, 3.05) is 30.4 Å². The van der Waals surface area contributed by atoms with Crippen LogP contribution in [0.25, 0.3) is 22.3 Å². The van der Waals surface area contributed by atoms with Gasteiger partial charge in [0.15, 0.2) is 0 Å². The average Bonchev–Trinajstić information content (AvgIpc) is 2.89. The number of carbonyl (C=O) groups is 3. The summed E-state index contributed by atoms with van der Waals surface area (Å²) in [5, 5.41) is 12.2. The number of nitrogens with one attached hydrogen (secondary N) is 1. The molecule has 4 amide bonds. The minimum atomic E-state index is -1.05. The predicted molar refractivity (Wildman–Crippen MR) is 135 cm³/mol. The van der Waals surface area contributed by atoms with Crippen LogP contribution in [-0.4, -0.2) is 85.0 Å². The summed E-state index contributed by atoms with van der Waals surface area (Å²) in [5.74, 6) is -0.352. The van der Waals surface area contributed by atoms with Gasteiger partial charge in [-0.3, -0.25) is 24.8 Å². The van der Waals surface area contributed by atoms with Crippen molar-refractivity contribution >= 4 is 40.5 Å². The van der Waals surface area contributed by atoms with Crippen molar-refractivity contribution in [3.63, 3.8) is 0 Å². The fraction of sp³-hybridized carbons (Fsp3) is 0.400. The van der Waals surface area contributed by atoms with Gasteiger partial charge in [-0.05, 0) is 31.9 Å². The Morgan fingerprint density at radius 2 is 1.81 bits per heavy atom. The van der Waals surface area contributed by atoms with Gasteiger partial charge in [0.1, 0.15) is 11.6 Å². The maximum atomic E-state index is 13.5. The fourth-order valence-electron chi connectivity index (χ4n) is 4.87. The number of fused-ring (bicyclic) bond motifs is 3. The van der Waals surface area contributed by atoms with Crippen LogP contribution in [0.3, 0.4) is 0 Å². The van der Waals surface area contributed by atoms with Crippen molar-refractivity contribution in [3.05, 3.63) is 36.3 Å². The van der Waals surface area contributed by atoms with Gasteiger partial charge in [0.05, 0.1) is 23.4 Å². The van der Waals surface area contributed by atoms with E-state index >= 15 is 0 Å². The van der Waals surface area contributed by atoms with E-state index in [1.54, 1.807) is 40.3 Å². The third kappa shape index (κ3) is 4.67. The number of piperidine rings is 1. The smallest absolute Gasteiger partial charge is 0.324 e. The van der Waals surface area contributed by atoms with Crippen molar-refractivity contribution in [1.82, 2.24) is 29.7 Å². The van der Waals surface area contributed by atoms with Crippen molar-refractivity contribution in [3.8, 4) is 11.3 Å². The van der Waals surface area contributed by atoms with Crippen molar-refractivity contribution in [2.45, 2.75) is 45.4 Å². The van der Waals surface area contributed by atoms with E-state index < -0.39 is 6.10 Å². The molecule has 3 aromatic rings. The highest BCUT2D eigenvalue weighted by Crippen LogP contribution is 2.37. The molecule has 2 N–H and O–H groups in total. The molecule has 192 valence electrons. The van der Waals surface area contributed by atoms with Crippen LogP contribution in [0.2, 0.25) is 0 Å². The van der Waals surface area contributed by atoms with Crippen LogP contribution in [0.4, 0.5) is 16.4 Å². The number of aliphatic hydroxyl groups is 1. The number of hydrogen-bond acceptors (Lipinski definition) is 8. The number of amides is 4. The average molecular weight is 505 g/mol. The zero-order chi connectivity index (χ0) is 26.3. The highest BCUT2D eigenvalue weighted by molar-refractivity contribution is 6.04. The first-order valence-corrected chi connectivity index (χ1v) is 12.1. The third-order valence-electron chi connectivity index (χ3n) is 6.68. The molecular formula is C25H28N8O4. The molecule has 0 aromatic carbocycles. The quantitative estimate of drug-likeness (QED) is 0.547. The molecule has 0 bridgehead atoms. The molecule has 5 rings (SSSR count). The molecule has 0 unspecified atom stereocenters. The summed E-state index contributed by atoms with van der Waals surface area (Å²) in [5.41, 5.74) is 4.14. The Hall–Kier alpha value is -4.19. The van der Waals surface area contributed by atoms with Gasteiger partial charge in [0.2, 0.25) is 11.9 Å². The molecule has 1 saturated heterocycles. The van der Waals surface area contributed by atoms with Gasteiger partial charge in [0, 0.05) is 62.8 Å². The summed E-state index contributed by atoms with van der Waals surface area (Å²) in [7, 11) is 1.76. The Morgan fingerprint density at radius 1 is 1.11 bits per heavy atom. The molecule has 2 aliphatic heterocycles. The molecule has 1 fully saturated rings. The van der Waals surface area contributed by atoms with E-state index in [0.717, 1.165) is 11.3 Å². The van der Waals surface area contributed by atoms with Crippen molar-refractivity contribution < 1.29 is 19.5 Å². The Morgan fingerprint density at radius 3 is 2.46 bits per heavy atom. The van der Waals surface area contributed by atoms with Gasteiger partial charge in [0.25, 0.3) is 5.91 Å². The lowest BCUT2D eigenvalue weighted by atomic mass is 9.99. The molecule has 3 aromatic heterocycles. The van der Waals surface area contributed by atoms with Crippen molar-refractivity contribution in [2.24, 2.45) is 0 Å². The summed E-state index contributed by atoms with van der Waals surface area (Å²) in [6.07, 6.45) is 5.07. The fourth-order valence-corrected chi connectivity index (χ4v) is 4.87. The van der Waals surface area contributed by atoms with Crippen LogP contribution in [-0.2, 0) is 16.1 Å². The van der Waals surface area contributed by atoms with Crippen LogP contribution < -0.4 is 10.2 Å². The topological polar surface area (TPSA) is 145 Å². The first kappa shape index (κ1) is 24.5. The van der Waals surface area contributed by atoms with Crippen LogP contribution >= 0.6 is 0 Å². The minimum absolute atomic E-state index is 0.129. The van der Waals surface area contributed by atoms with Crippen LogP contribution in [0.15, 0.2) is 30.7 Å². The number of aliphatic hydroxyl groups excluding tert-OH is 1.